The van der Waals surface area contributed by atoms with Gasteiger partial charge in [-0.15, -0.1) is 0 Å². The van der Waals surface area contributed by atoms with E-state index < -0.39 is 17.7 Å². The number of amides is 1. The van der Waals surface area contributed by atoms with E-state index in [1.54, 1.807) is 13.8 Å². The van der Waals surface area contributed by atoms with E-state index in [2.05, 4.69) is 0 Å². The SMILES string of the molecule is CC(N)C(C)C(=O)N(C)Cc1ccccc1C(F)(F)F. The molecule has 0 fully saturated rings. The maximum Gasteiger partial charge on any atom is 0.416 e. The second kappa shape index (κ2) is 6.26. The van der Waals surface area contributed by atoms with E-state index in [4.69, 9.17) is 5.73 Å². The summed E-state index contributed by atoms with van der Waals surface area (Å²) in [5, 5.41) is 0. The standard InChI is InChI=1S/C14H19F3N2O/c1-9(10(2)18)13(20)19(3)8-11-6-4-5-7-12(11)14(15,16)17/h4-7,9-10H,8,18H2,1-3H3. The Hall–Kier alpha value is -1.56. The monoisotopic (exact) mass is 288 g/mol. The van der Waals surface area contributed by atoms with Crippen LogP contribution in [0.4, 0.5) is 13.2 Å². The molecule has 1 aromatic carbocycles. The quantitative estimate of drug-likeness (QED) is 0.926. The van der Waals surface area contributed by atoms with Gasteiger partial charge in [-0.05, 0) is 18.6 Å². The van der Waals surface area contributed by atoms with Crippen molar-refractivity contribution >= 4 is 5.91 Å². The fourth-order valence-electron chi connectivity index (χ4n) is 1.84. The molecule has 0 radical (unpaired) electrons. The van der Waals surface area contributed by atoms with E-state index in [1.807, 2.05) is 0 Å². The summed E-state index contributed by atoms with van der Waals surface area (Å²) in [7, 11) is 1.48. The predicted octanol–water partition coefficient (Wildman–Crippen LogP) is 2.65. The number of halogens is 3. The van der Waals surface area contributed by atoms with Crippen molar-refractivity contribution in [1.82, 2.24) is 4.90 Å². The van der Waals surface area contributed by atoms with E-state index in [9.17, 15) is 18.0 Å². The maximum absolute atomic E-state index is 12.9. The zero-order chi connectivity index (χ0) is 15.5. The van der Waals surface area contributed by atoms with Crippen LogP contribution in [-0.4, -0.2) is 23.9 Å². The molecule has 0 heterocycles. The highest BCUT2D eigenvalue weighted by Gasteiger charge is 2.33. The van der Waals surface area contributed by atoms with Gasteiger partial charge in [0.2, 0.25) is 5.91 Å². The van der Waals surface area contributed by atoms with Gasteiger partial charge >= 0.3 is 6.18 Å². The van der Waals surface area contributed by atoms with Gasteiger partial charge in [0.05, 0.1) is 11.5 Å². The lowest BCUT2D eigenvalue weighted by Crippen LogP contribution is -2.39. The molecule has 0 aromatic heterocycles. The third kappa shape index (κ3) is 3.96. The Balaban J connectivity index is 2.92. The van der Waals surface area contributed by atoms with E-state index in [-0.39, 0.29) is 24.1 Å². The van der Waals surface area contributed by atoms with Gasteiger partial charge in [-0.2, -0.15) is 13.2 Å². The van der Waals surface area contributed by atoms with Crippen molar-refractivity contribution in [2.45, 2.75) is 32.6 Å². The van der Waals surface area contributed by atoms with Crippen LogP contribution in [0.15, 0.2) is 24.3 Å². The van der Waals surface area contributed by atoms with E-state index >= 15 is 0 Å². The van der Waals surface area contributed by atoms with Crippen molar-refractivity contribution < 1.29 is 18.0 Å². The Morgan fingerprint density at radius 2 is 1.85 bits per heavy atom. The summed E-state index contributed by atoms with van der Waals surface area (Å²) in [5.74, 6) is -0.699. The van der Waals surface area contributed by atoms with E-state index in [1.165, 1.54) is 30.1 Å². The van der Waals surface area contributed by atoms with Crippen molar-refractivity contribution in [2.24, 2.45) is 11.7 Å². The Kier molecular flexibility index (Phi) is 5.16. The van der Waals surface area contributed by atoms with E-state index in [0.717, 1.165) is 6.07 Å². The molecule has 2 N–H and O–H groups in total. The van der Waals surface area contributed by atoms with Crippen LogP contribution in [0.1, 0.15) is 25.0 Å². The van der Waals surface area contributed by atoms with Gasteiger partial charge < -0.3 is 10.6 Å². The number of rotatable bonds is 4. The molecule has 2 unspecified atom stereocenters. The van der Waals surface area contributed by atoms with Gasteiger partial charge in [0.1, 0.15) is 0 Å². The zero-order valence-electron chi connectivity index (χ0n) is 11.7. The Morgan fingerprint density at radius 1 is 1.30 bits per heavy atom. The third-order valence-corrected chi connectivity index (χ3v) is 3.28. The van der Waals surface area contributed by atoms with Crippen LogP contribution in [0, 0.1) is 5.92 Å². The minimum Gasteiger partial charge on any atom is -0.341 e. The first kappa shape index (κ1) is 16.5. The van der Waals surface area contributed by atoms with Crippen LogP contribution >= 0.6 is 0 Å². The average Bonchev–Trinajstić information content (AvgIpc) is 2.36. The van der Waals surface area contributed by atoms with E-state index in [0.29, 0.717) is 0 Å². The number of alkyl halides is 3. The molecule has 0 bridgehead atoms. The summed E-state index contributed by atoms with van der Waals surface area (Å²) < 4.78 is 38.6. The van der Waals surface area contributed by atoms with Gasteiger partial charge in [0.25, 0.3) is 0 Å². The second-order valence-electron chi connectivity index (χ2n) is 5.00. The largest absolute Gasteiger partial charge is 0.416 e. The predicted molar refractivity (Wildman–Crippen MR) is 70.7 cm³/mol. The topological polar surface area (TPSA) is 46.3 Å². The van der Waals surface area contributed by atoms with Gasteiger partial charge in [0.15, 0.2) is 0 Å². The molecule has 1 amide bonds. The fraction of sp³-hybridized carbons (Fsp3) is 0.500. The first-order chi connectivity index (χ1) is 9.14. The smallest absolute Gasteiger partial charge is 0.341 e. The van der Waals surface area contributed by atoms with Crippen LogP contribution in [0.5, 0.6) is 0 Å². The van der Waals surface area contributed by atoms with Crippen LogP contribution in [0.3, 0.4) is 0 Å². The highest BCUT2D eigenvalue weighted by atomic mass is 19.4. The number of benzene rings is 1. The van der Waals surface area contributed by atoms with Gasteiger partial charge in [-0.25, -0.2) is 0 Å². The van der Waals surface area contributed by atoms with Crippen LogP contribution in [-0.2, 0) is 17.5 Å². The molecular formula is C14H19F3N2O. The average molecular weight is 288 g/mol. The Morgan fingerprint density at radius 3 is 2.35 bits per heavy atom. The minimum atomic E-state index is -4.42. The lowest BCUT2D eigenvalue weighted by atomic mass is 10.0. The molecule has 3 nitrogen and oxygen atoms in total. The summed E-state index contributed by atoms with van der Waals surface area (Å²) in [6.07, 6.45) is -4.42. The number of nitrogens with zero attached hydrogens (tertiary/aromatic N) is 1. The summed E-state index contributed by atoms with van der Waals surface area (Å²) in [5.41, 5.74) is 5.00. The molecular weight excluding hydrogens is 269 g/mol. The molecule has 0 spiro atoms. The van der Waals surface area contributed by atoms with Crippen LogP contribution < -0.4 is 5.73 Å². The molecule has 2 atom stereocenters. The molecule has 0 aliphatic carbocycles. The summed E-state index contributed by atoms with van der Waals surface area (Å²) in [4.78, 5) is 13.3. The first-order valence-electron chi connectivity index (χ1n) is 6.30. The third-order valence-electron chi connectivity index (χ3n) is 3.28. The van der Waals surface area contributed by atoms with Crippen molar-refractivity contribution in [2.75, 3.05) is 7.05 Å². The molecule has 1 rings (SSSR count). The first-order valence-corrected chi connectivity index (χ1v) is 6.30. The van der Waals surface area contributed by atoms with Crippen molar-refractivity contribution in [1.29, 1.82) is 0 Å². The molecule has 20 heavy (non-hydrogen) atoms. The Labute approximate surface area is 116 Å². The molecule has 0 aliphatic heterocycles. The minimum absolute atomic E-state index is 0.0766. The maximum atomic E-state index is 12.9. The number of nitrogens with two attached hydrogens (primary N) is 1. The van der Waals surface area contributed by atoms with Gasteiger partial charge in [0, 0.05) is 19.6 Å². The van der Waals surface area contributed by atoms with Crippen molar-refractivity contribution in [3.8, 4) is 0 Å². The number of carbonyl (C=O) groups excluding carboxylic acids is 1. The summed E-state index contributed by atoms with van der Waals surface area (Å²) in [6, 6.07) is 4.91. The van der Waals surface area contributed by atoms with Gasteiger partial charge in [-0.1, -0.05) is 25.1 Å². The lowest BCUT2D eigenvalue weighted by Gasteiger charge is -2.24. The van der Waals surface area contributed by atoms with Crippen molar-refractivity contribution in [3.05, 3.63) is 35.4 Å². The highest BCUT2D eigenvalue weighted by molar-refractivity contribution is 5.78. The molecule has 1 aromatic rings. The Bertz CT molecular complexity index is 472. The van der Waals surface area contributed by atoms with Crippen molar-refractivity contribution in [3.63, 3.8) is 0 Å². The van der Waals surface area contributed by atoms with Crippen LogP contribution in [0.2, 0.25) is 0 Å². The van der Waals surface area contributed by atoms with Crippen LogP contribution in [0.25, 0.3) is 0 Å². The second-order valence-corrected chi connectivity index (χ2v) is 5.00. The molecule has 0 saturated carbocycles. The summed E-state index contributed by atoms with van der Waals surface area (Å²) >= 11 is 0. The lowest BCUT2D eigenvalue weighted by molar-refractivity contribution is -0.140. The van der Waals surface area contributed by atoms with Gasteiger partial charge in [-0.3, -0.25) is 4.79 Å². The summed E-state index contributed by atoms with van der Waals surface area (Å²) in [6.45, 7) is 3.27. The molecule has 112 valence electrons. The number of carbonyl (C=O) groups is 1. The number of hydrogen-bond acceptors (Lipinski definition) is 2. The normalized spacial score (nSPS) is 14.8. The fourth-order valence-corrected chi connectivity index (χ4v) is 1.84. The molecule has 0 saturated heterocycles. The molecule has 6 heteroatoms. The number of hydrogen-bond donors (Lipinski definition) is 1. The highest BCUT2D eigenvalue weighted by Crippen LogP contribution is 2.32. The zero-order valence-corrected chi connectivity index (χ0v) is 11.7. The molecule has 0 aliphatic rings.